The number of hydrogen-bond acceptors (Lipinski definition) is 4. The number of pyridine rings is 1. The minimum atomic E-state index is -1.05. The average molecular weight is 424 g/mol. The summed E-state index contributed by atoms with van der Waals surface area (Å²) in [5.41, 5.74) is 4.09. The van der Waals surface area contributed by atoms with Gasteiger partial charge in [0.25, 0.3) is 0 Å². The molecule has 0 aliphatic rings. The standard InChI is InChI=1S/C22H18FN3OS2/c1-29(27)19-8-3-2-6-16(19)14-28-22-25-20(15-9-11-17(23)12-10-15)21(26-22)18-7-4-5-13-24-18/h2-13H,14H2,1H3,(H,25,26). The van der Waals surface area contributed by atoms with E-state index in [1.807, 2.05) is 42.5 Å². The smallest absolute Gasteiger partial charge is 0.166 e. The Bertz CT molecular complexity index is 1100. The summed E-state index contributed by atoms with van der Waals surface area (Å²) in [6.45, 7) is 0. The Balaban J connectivity index is 1.68. The van der Waals surface area contributed by atoms with Crippen LogP contribution in [0.15, 0.2) is 83.0 Å². The second kappa shape index (κ2) is 8.82. The maximum atomic E-state index is 13.4. The molecule has 7 heteroatoms. The molecule has 146 valence electrons. The van der Waals surface area contributed by atoms with Gasteiger partial charge in [0.15, 0.2) is 10.1 Å². The number of rotatable bonds is 6. The summed E-state index contributed by atoms with van der Waals surface area (Å²) < 4.78 is 25.3. The molecule has 1 N–H and O–H groups in total. The number of H-pyrrole nitrogens is 1. The van der Waals surface area contributed by atoms with E-state index in [0.29, 0.717) is 11.4 Å². The van der Waals surface area contributed by atoms with Crippen LogP contribution in [0, 0.1) is 5.82 Å². The predicted octanol–water partition coefficient (Wildman–Crippen LogP) is 5.31. The number of aromatic amines is 1. The predicted molar refractivity (Wildman–Crippen MR) is 116 cm³/mol. The molecular formula is C22H18FN3OS2. The van der Waals surface area contributed by atoms with Crippen LogP contribution in [0.2, 0.25) is 0 Å². The number of hydrogen-bond donors (Lipinski definition) is 1. The number of thioether (sulfide) groups is 1. The minimum absolute atomic E-state index is 0.286. The molecule has 0 spiro atoms. The Morgan fingerprint density at radius 2 is 1.79 bits per heavy atom. The van der Waals surface area contributed by atoms with Crippen molar-refractivity contribution in [3.8, 4) is 22.6 Å². The highest BCUT2D eigenvalue weighted by molar-refractivity contribution is 7.98. The third-order valence-electron chi connectivity index (χ3n) is 4.37. The van der Waals surface area contributed by atoms with Gasteiger partial charge in [-0.25, -0.2) is 9.37 Å². The maximum Gasteiger partial charge on any atom is 0.166 e. The van der Waals surface area contributed by atoms with Gasteiger partial charge < -0.3 is 9.54 Å². The van der Waals surface area contributed by atoms with Gasteiger partial charge in [0, 0.05) is 23.1 Å². The van der Waals surface area contributed by atoms with Gasteiger partial charge in [-0.1, -0.05) is 36.0 Å². The van der Waals surface area contributed by atoms with Gasteiger partial charge in [0.05, 0.1) is 11.4 Å². The van der Waals surface area contributed by atoms with Crippen LogP contribution >= 0.6 is 11.8 Å². The quantitative estimate of drug-likeness (QED) is 0.337. The summed E-state index contributed by atoms with van der Waals surface area (Å²) in [6.07, 6.45) is 3.40. The van der Waals surface area contributed by atoms with Crippen molar-refractivity contribution in [2.24, 2.45) is 0 Å². The summed E-state index contributed by atoms with van der Waals surface area (Å²) in [4.78, 5) is 13.3. The topological polar surface area (TPSA) is 64.6 Å². The molecular weight excluding hydrogens is 405 g/mol. The average Bonchev–Trinajstić information content (AvgIpc) is 3.18. The monoisotopic (exact) mass is 423 g/mol. The molecule has 0 aliphatic heterocycles. The van der Waals surface area contributed by atoms with Gasteiger partial charge in [-0.3, -0.25) is 4.98 Å². The third kappa shape index (κ3) is 4.53. The lowest BCUT2D eigenvalue weighted by molar-refractivity contribution is 0.600. The Morgan fingerprint density at radius 1 is 1.03 bits per heavy atom. The number of aromatic nitrogens is 3. The van der Waals surface area contributed by atoms with E-state index >= 15 is 0 Å². The molecule has 1 atom stereocenters. The van der Waals surface area contributed by atoms with Gasteiger partial charge in [-0.2, -0.15) is 0 Å². The number of nitrogens with one attached hydrogen (secondary N) is 1. The lowest BCUT2D eigenvalue weighted by atomic mass is 10.1. The van der Waals surface area contributed by atoms with Crippen molar-refractivity contribution >= 4 is 22.9 Å². The van der Waals surface area contributed by atoms with Crippen molar-refractivity contribution < 1.29 is 8.94 Å². The number of halogens is 1. The van der Waals surface area contributed by atoms with E-state index in [2.05, 4.69) is 9.97 Å². The molecule has 1 unspecified atom stereocenters. The number of imidazole rings is 1. The molecule has 2 heterocycles. The molecule has 0 bridgehead atoms. The van der Waals surface area contributed by atoms with Gasteiger partial charge in [0.2, 0.25) is 0 Å². The Hall–Kier alpha value is -2.61. The molecule has 4 rings (SSSR count). The second-order valence-corrected chi connectivity index (χ2v) is 8.65. The lowest BCUT2D eigenvalue weighted by Crippen LogP contribution is -2.01. The molecule has 0 amide bonds. The van der Waals surface area contributed by atoms with E-state index in [0.717, 1.165) is 32.6 Å². The van der Waals surface area contributed by atoms with Crippen LogP contribution in [-0.4, -0.2) is 25.8 Å². The van der Waals surface area contributed by atoms with Crippen molar-refractivity contribution in [2.45, 2.75) is 15.8 Å². The molecule has 4 aromatic rings. The molecule has 0 radical (unpaired) electrons. The number of nitrogens with zero attached hydrogens (tertiary/aromatic N) is 2. The van der Waals surface area contributed by atoms with Gasteiger partial charge in [-0.05, 0) is 53.6 Å². The first-order valence-corrected chi connectivity index (χ1v) is 11.5. The normalized spacial score (nSPS) is 12.1. The molecule has 0 fully saturated rings. The molecule has 0 saturated carbocycles. The summed E-state index contributed by atoms with van der Waals surface area (Å²) in [5.74, 6) is 0.347. The Morgan fingerprint density at radius 3 is 2.52 bits per heavy atom. The van der Waals surface area contributed by atoms with E-state index in [9.17, 15) is 8.94 Å². The fourth-order valence-corrected chi connectivity index (χ4v) is 4.73. The molecule has 2 aromatic carbocycles. The highest BCUT2D eigenvalue weighted by Crippen LogP contribution is 2.33. The zero-order valence-corrected chi connectivity index (χ0v) is 17.3. The molecule has 0 aliphatic carbocycles. The van der Waals surface area contributed by atoms with E-state index < -0.39 is 11.2 Å². The van der Waals surface area contributed by atoms with Crippen LogP contribution in [0.3, 0.4) is 0 Å². The fraction of sp³-hybridized carbons (Fsp3) is 0.0909. The largest absolute Gasteiger partial charge is 0.612 e. The first kappa shape index (κ1) is 19.7. The second-order valence-electron chi connectivity index (χ2n) is 6.34. The minimum Gasteiger partial charge on any atom is -0.612 e. The van der Waals surface area contributed by atoms with Crippen molar-refractivity contribution in [1.29, 1.82) is 0 Å². The molecule has 4 nitrogen and oxygen atoms in total. The van der Waals surface area contributed by atoms with Gasteiger partial charge in [0.1, 0.15) is 17.8 Å². The van der Waals surface area contributed by atoms with E-state index in [-0.39, 0.29) is 5.82 Å². The van der Waals surface area contributed by atoms with E-state index in [1.54, 1.807) is 24.6 Å². The van der Waals surface area contributed by atoms with E-state index in [1.165, 1.54) is 23.9 Å². The highest BCUT2D eigenvalue weighted by atomic mass is 32.2. The van der Waals surface area contributed by atoms with Crippen LogP contribution < -0.4 is 0 Å². The fourth-order valence-electron chi connectivity index (χ4n) is 2.98. The van der Waals surface area contributed by atoms with E-state index in [4.69, 9.17) is 4.98 Å². The van der Waals surface area contributed by atoms with Gasteiger partial charge >= 0.3 is 0 Å². The third-order valence-corrected chi connectivity index (χ3v) is 6.31. The van der Waals surface area contributed by atoms with Crippen LogP contribution in [0.25, 0.3) is 22.6 Å². The SMILES string of the molecule is C[S+]([O-])c1ccccc1CSc1nc(-c2ccccn2)c(-c2ccc(F)cc2)[nH]1. The van der Waals surface area contributed by atoms with Gasteiger partial charge in [-0.15, -0.1) is 0 Å². The zero-order valence-electron chi connectivity index (χ0n) is 15.6. The molecule has 0 saturated heterocycles. The number of benzene rings is 2. The van der Waals surface area contributed by atoms with Crippen molar-refractivity contribution in [3.63, 3.8) is 0 Å². The maximum absolute atomic E-state index is 13.4. The summed E-state index contributed by atoms with van der Waals surface area (Å²) in [7, 11) is 0. The van der Waals surface area contributed by atoms with Crippen LogP contribution in [-0.2, 0) is 16.9 Å². The Labute approximate surface area is 175 Å². The molecule has 2 aromatic heterocycles. The summed E-state index contributed by atoms with van der Waals surface area (Å²) >= 11 is 0.481. The Kier molecular flexibility index (Phi) is 5.99. The van der Waals surface area contributed by atoms with Crippen LogP contribution in [0.5, 0.6) is 0 Å². The molecule has 29 heavy (non-hydrogen) atoms. The van der Waals surface area contributed by atoms with Crippen molar-refractivity contribution in [3.05, 3.63) is 84.3 Å². The summed E-state index contributed by atoms with van der Waals surface area (Å²) in [5, 5.41) is 0.724. The highest BCUT2D eigenvalue weighted by Gasteiger charge is 2.17. The van der Waals surface area contributed by atoms with Crippen molar-refractivity contribution in [2.75, 3.05) is 6.26 Å². The van der Waals surface area contributed by atoms with Crippen LogP contribution in [0.1, 0.15) is 5.56 Å². The lowest BCUT2D eigenvalue weighted by Gasteiger charge is -2.09. The summed E-state index contributed by atoms with van der Waals surface area (Å²) in [6, 6.07) is 19.7. The van der Waals surface area contributed by atoms with Crippen LogP contribution in [0.4, 0.5) is 4.39 Å². The first-order valence-electron chi connectivity index (χ1n) is 8.93. The first-order chi connectivity index (χ1) is 14.1. The van der Waals surface area contributed by atoms with Crippen molar-refractivity contribution in [1.82, 2.24) is 15.0 Å². The zero-order chi connectivity index (χ0) is 20.2.